The minimum atomic E-state index is -0.273. The Morgan fingerprint density at radius 3 is 2.92 bits per heavy atom. The molecule has 0 bridgehead atoms. The number of carbonyl (C=O) groups excluding carboxylic acids is 1. The first-order valence-electron chi connectivity index (χ1n) is 3.83. The summed E-state index contributed by atoms with van der Waals surface area (Å²) in [6, 6.07) is 6.69. The first-order valence-corrected chi connectivity index (χ1v) is 4.21. The van der Waals surface area contributed by atoms with E-state index in [2.05, 4.69) is 10.6 Å². The highest BCUT2D eigenvalue weighted by Crippen LogP contribution is 2.14. The molecule has 0 saturated heterocycles. The average molecular weight is 198 g/mol. The van der Waals surface area contributed by atoms with Crippen LogP contribution in [0.2, 0.25) is 5.02 Å². The van der Waals surface area contributed by atoms with Gasteiger partial charge in [0.1, 0.15) is 0 Å². The van der Waals surface area contributed by atoms with Gasteiger partial charge >= 0.3 is 6.03 Å². The first-order chi connectivity index (χ1) is 6.22. The van der Waals surface area contributed by atoms with Crippen LogP contribution in [0.1, 0.15) is 6.92 Å². The number of hydrogen-bond donors (Lipinski definition) is 2. The number of amides is 2. The van der Waals surface area contributed by atoms with Gasteiger partial charge in [0.05, 0.1) is 0 Å². The van der Waals surface area contributed by atoms with Crippen molar-refractivity contribution < 1.29 is 4.79 Å². The lowest BCUT2D eigenvalue weighted by atomic mass is 10.3. The van der Waals surface area contributed by atoms with Gasteiger partial charge in [0.2, 0.25) is 0 Å². The molecule has 3 nitrogen and oxygen atoms in total. The number of nitrogens with one attached hydrogen (secondary N) is 2. The maximum atomic E-state index is 11.0. The van der Waals surface area contributed by atoms with Crippen LogP contribution in [0.5, 0.6) is 0 Å². The summed E-state index contributed by atoms with van der Waals surface area (Å²) in [5, 5.41) is 5.71. The molecule has 1 aromatic carbocycles. The van der Waals surface area contributed by atoms with Crippen molar-refractivity contribution in [3.05, 3.63) is 35.8 Å². The molecular weight excluding hydrogens is 188 g/mol. The Balaban J connectivity index is 2.58. The third-order valence-electron chi connectivity index (χ3n) is 1.36. The lowest BCUT2D eigenvalue weighted by molar-refractivity contribution is 0.254. The topological polar surface area (TPSA) is 41.1 Å². The average Bonchev–Trinajstić information content (AvgIpc) is 2.04. The predicted molar refractivity (Wildman–Crippen MR) is 53.6 cm³/mol. The number of rotatable bonds is 2. The summed E-state index contributed by atoms with van der Waals surface area (Å²) in [5.74, 6) is 0. The van der Waals surface area contributed by atoms with Crippen LogP contribution in [-0.4, -0.2) is 6.03 Å². The van der Waals surface area contributed by atoms with Gasteiger partial charge in [0, 0.05) is 17.3 Å². The Labute approximate surface area is 82.1 Å². The summed E-state index contributed by atoms with van der Waals surface area (Å²) in [4.78, 5) is 11.0. The monoisotopic (exact) mass is 197 g/mol. The van der Waals surface area contributed by atoms with Gasteiger partial charge in [-0.2, -0.15) is 0 Å². The van der Waals surface area contributed by atoms with Crippen LogP contribution in [0.15, 0.2) is 24.3 Å². The number of halogens is 1. The molecule has 4 heteroatoms. The number of anilines is 1. The Hall–Kier alpha value is -1.22. The molecule has 0 aliphatic heterocycles. The molecule has 2 amide bonds. The van der Waals surface area contributed by atoms with Gasteiger partial charge < -0.3 is 10.6 Å². The predicted octanol–water partition coefficient (Wildman–Crippen LogP) is 2.64. The van der Waals surface area contributed by atoms with Crippen LogP contribution >= 0.6 is 11.6 Å². The van der Waals surface area contributed by atoms with Crippen molar-refractivity contribution >= 4 is 23.3 Å². The summed E-state index contributed by atoms with van der Waals surface area (Å²) >= 11 is 5.73. The van der Waals surface area contributed by atoms with Gasteiger partial charge in [0.15, 0.2) is 0 Å². The van der Waals surface area contributed by atoms with Crippen LogP contribution in [0, 0.1) is 6.54 Å². The summed E-state index contributed by atoms with van der Waals surface area (Å²) < 4.78 is 0. The van der Waals surface area contributed by atoms with Crippen molar-refractivity contribution in [2.75, 3.05) is 5.32 Å². The van der Waals surface area contributed by atoms with E-state index < -0.39 is 0 Å². The second kappa shape index (κ2) is 4.72. The molecule has 0 unspecified atom stereocenters. The van der Waals surface area contributed by atoms with E-state index in [0.29, 0.717) is 10.7 Å². The molecule has 0 aromatic heterocycles. The number of carbonyl (C=O) groups is 1. The smallest absolute Gasteiger partial charge is 0.319 e. The molecule has 1 radical (unpaired) electrons. The summed E-state index contributed by atoms with van der Waals surface area (Å²) in [6.45, 7) is 3.29. The van der Waals surface area contributed by atoms with E-state index in [1.165, 1.54) is 0 Å². The SMILES string of the molecule is C[CH]NC(=O)Nc1cccc(Cl)c1. The second-order valence-electron chi connectivity index (χ2n) is 2.40. The molecule has 13 heavy (non-hydrogen) atoms. The van der Waals surface area contributed by atoms with Crippen molar-refractivity contribution in [1.82, 2.24) is 5.32 Å². The van der Waals surface area contributed by atoms with Gasteiger partial charge in [-0.1, -0.05) is 17.7 Å². The van der Waals surface area contributed by atoms with Crippen LogP contribution in [0.4, 0.5) is 10.5 Å². The van der Waals surface area contributed by atoms with Gasteiger partial charge in [-0.3, -0.25) is 0 Å². The molecule has 0 atom stereocenters. The molecular formula is C9H10ClN2O. The fourth-order valence-electron chi connectivity index (χ4n) is 0.865. The summed E-state index contributed by atoms with van der Waals surface area (Å²) in [7, 11) is 0. The molecule has 0 fully saturated rings. The van der Waals surface area contributed by atoms with E-state index in [1.807, 2.05) is 0 Å². The Kier molecular flexibility index (Phi) is 3.58. The quantitative estimate of drug-likeness (QED) is 0.752. The van der Waals surface area contributed by atoms with Crippen LogP contribution in [0.25, 0.3) is 0 Å². The Morgan fingerprint density at radius 1 is 1.54 bits per heavy atom. The minimum Gasteiger partial charge on any atom is -0.333 e. The van der Waals surface area contributed by atoms with Gasteiger partial charge in [-0.05, 0) is 25.1 Å². The molecule has 0 saturated carbocycles. The summed E-state index contributed by atoms with van der Waals surface area (Å²) in [5.41, 5.74) is 0.673. The Morgan fingerprint density at radius 2 is 2.31 bits per heavy atom. The van der Waals surface area contributed by atoms with E-state index in [-0.39, 0.29) is 6.03 Å². The normalized spacial score (nSPS) is 9.38. The molecule has 0 aliphatic carbocycles. The van der Waals surface area contributed by atoms with Crippen molar-refractivity contribution in [3.63, 3.8) is 0 Å². The van der Waals surface area contributed by atoms with E-state index in [9.17, 15) is 4.79 Å². The number of hydrogen-bond acceptors (Lipinski definition) is 1. The number of benzene rings is 1. The highest BCUT2D eigenvalue weighted by Gasteiger charge is 1.98. The zero-order valence-corrected chi connectivity index (χ0v) is 7.93. The second-order valence-corrected chi connectivity index (χ2v) is 2.83. The molecule has 1 rings (SSSR count). The third-order valence-corrected chi connectivity index (χ3v) is 1.59. The maximum Gasteiger partial charge on any atom is 0.319 e. The first kappa shape index (κ1) is 9.86. The fraction of sp³-hybridized carbons (Fsp3) is 0.111. The van der Waals surface area contributed by atoms with Crippen molar-refractivity contribution in [1.29, 1.82) is 0 Å². The van der Waals surface area contributed by atoms with E-state index in [4.69, 9.17) is 11.6 Å². The molecule has 2 N–H and O–H groups in total. The molecule has 0 aliphatic rings. The minimum absolute atomic E-state index is 0.273. The standard InChI is InChI=1S/C9H10ClN2O/c1-2-11-9(13)12-8-5-3-4-7(10)6-8/h2-6H,1H3,(H2,11,12,13). The van der Waals surface area contributed by atoms with E-state index in [1.54, 1.807) is 37.7 Å². The lowest BCUT2D eigenvalue weighted by Crippen LogP contribution is -2.25. The molecule has 0 heterocycles. The Bertz CT molecular complexity index is 301. The van der Waals surface area contributed by atoms with Crippen LogP contribution in [0.3, 0.4) is 0 Å². The lowest BCUT2D eigenvalue weighted by Gasteiger charge is -2.04. The van der Waals surface area contributed by atoms with Crippen LogP contribution in [-0.2, 0) is 0 Å². The van der Waals surface area contributed by atoms with E-state index >= 15 is 0 Å². The maximum absolute atomic E-state index is 11.0. The zero-order valence-electron chi connectivity index (χ0n) is 7.17. The van der Waals surface area contributed by atoms with Crippen molar-refractivity contribution in [2.45, 2.75) is 6.92 Å². The molecule has 0 spiro atoms. The van der Waals surface area contributed by atoms with Gasteiger partial charge in [-0.15, -0.1) is 0 Å². The third kappa shape index (κ3) is 3.34. The van der Waals surface area contributed by atoms with Gasteiger partial charge in [0.25, 0.3) is 0 Å². The van der Waals surface area contributed by atoms with Gasteiger partial charge in [-0.25, -0.2) is 4.79 Å². The van der Waals surface area contributed by atoms with Crippen molar-refractivity contribution in [3.8, 4) is 0 Å². The molecule has 1 aromatic rings. The largest absolute Gasteiger partial charge is 0.333 e. The highest BCUT2D eigenvalue weighted by molar-refractivity contribution is 6.30. The highest BCUT2D eigenvalue weighted by atomic mass is 35.5. The van der Waals surface area contributed by atoms with Crippen LogP contribution < -0.4 is 10.6 Å². The van der Waals surface area contributed by atoms with E-state index in [0.717, 1.165) is 0 Å². The van der Waals surface area contributed by atoms with Crippen molar-refractivity contribution in [2.24, 2.45) is 0 Å². The fourth-order valence-corrected chi connectivity index (χ4v) is 1.05. The summed E-state index contributed by atoms with van der Waals surface area (Å²) in [6.07, 6.45) is 0. The molecule has 69 valence electrons. The number of urea groups is 1. The zero-order chi connectivity index (χ0) is 9.68.